The van der Waals surface area contributed by atoms with Crippen LogP contribution in [0.25, 0.3) is 0 Å². The van der Waals surface area contributed by atoms with Gasteiger partial charge in [-0.05, 0) is 24.3 Å². The second kappa shape index (κ2) is 5.90. The second-order valence-corrected chi connectivity index (χ2v) is 3.96. The molecule has 0 fully saturated rings. The van der Waals surface area contributed by atoms with Gasteiger partial charge in [0.05, 0.1) is 5.56 Å². The normalized spacial score (nSPS) is 10.8. The van der Waals surface area contributed by atoms with Gasteiger partial charge in [-0.1, -0.05) is 12.1 Å². The molecular formula is C14H7F5O2. The second-order valence-electron chi connectivity index (χ2n) is 3.96. The highest BCUT2D eigenvalue weighted by Crippen LogP contribution is 2.21. The highest BCUT2D eigenvalue weighted by molar-refractivity contribution is 6.09. The summed E-state index contributed by atoms with van der Waals surface area (Å²) in [5.74, 6) is -6.13. The first-order valence-corrected chi connectivity index (χ1v) is 5.63. The van der Waals surface area contributed by atoms with Gasteiger partial charge in [0.15, 0.2) is 23.2 Å². The molecule has 0 amide bonds. The standard InChI is InChI=1S/C14H7F5O2/c15-10-5-4-9(11(16)12(10)17)13(20)7-2-1-3-8(6-7)21-14(18)19/h1-6,14H. The first kappa shape index (κ1) is 15.0. The zero-order valence-corrected chi connectivity index (χ0v) is 10.2. The fourth-order valence-corrected chi connectivity index (χ4v) is 1.67. The van der Waals surface area contributed by atoms with Gasteiger partial charge in [0.2, 0.25) is 0 Å². The van der Waals surface area contributed by atoms with Crippen LogP contribution in [0.1, 0.15) is 15.9 Å². The summed E-state index contributed by atoms with van der Waals surface area (Å²) in [4.78, 5) is 12.0. The minimum Gasteiger partial charge on any atom is -0.435 e. The van der Waals surface area contributed by atoms with Crippen LogP contribution < -0.4 is 4.74 Å². The molecule has 0 spiro atoms. The van der Waals surface area contributed by atoms with E-state index in [0.717, 1.165) is 12.1 Å². The topological polar surface area (TPSA) is 26.3 Å². The minimum atomic E-state index is -3.09. The summed E-state index contributed by atoms with van der Waals surface area (Å²) in [6.07, 6.45) is 0. The van der Waals surface area contributed by atoms with Crippen molar-refractivity contribution in [3.05, 3.63) is 65.0 Å². The van der Waals surface area contributed by atoms with Crippen molar-refractivity contribution in [2.24, 2.45) is 0 Å². The summed E-state index contributed by atoms with van der Waals surface area (Å²) in [7, 11) is 0. The van der Waals surface area contributed by atoms with Crippen LogP contribution in [0.15, 0.2) is 36.4 Å². The quantitative estimate of drug-likeness (QED) is 0.486. The van der Waals surface area contributed by atoms with Crippen LogP contribution in [-0.4, -0.2) is 12.4 Å². The van der Waals surface area contributed by atoms with E-state index in [9.17, 15) is 26.7 Å². The van der Waals surface area contributed by atoms with Gasteiger partial charge < -0.3 is 4.74 Å². The maximum absolute atomic E-state index is 13.5. The van der Waals surface area contributed by atoms with Crippen molar-refractivity contribution in [3.8, 4) is 5.75 Å². The van der Waals surface area contributed by atoms with Crippen molar-refractivity contribution in [1.29, 1.82) is 0 Å². The van der Waals surface area contributed by atoms with Crippen LogP contribution in [-0.2, 0) is 0 Å². The zero-order valence-electron chi connectivity index (χ0n) is 10.2. The first-order chi connectivity index (χ1) is 9.90. The molecule has 0 N–H and O–H groups in total. The Balaban J connectivity index is 2.39. The lowest BCUT2D eigenvalue weighted by Crippen LogP contribution is -2.08. The van der Waals surface area contributed by atoms with Crippen molar-refractivity contribution in [2.75, 3.05) is 0 Å². The van der Waals surface area contributed by atoms with Crippen molar-refractivity contribution in [3.63, 3.8) is 0 Å². The largest absolute Gasteiger partial charge is 0.435 e. The molecule has 0 saturated carbocycles. The van der Waals surface area contributed by atoms with E-state index >= 15 is 0 Å². The van der Waals surface area contributed by atoms with E-state index in [0.29, 0.717) is 6.07 Å². The monoisotopic (exact) mass is 302 g/mol. The first-order valence-electron chi connectivity index (χ1n) is 5.63. The van der Waals surface area contributed by atoms with Gasteiger partial charge in [-0.15, -0.1) is 0 Å². The Hall–Kier alpha value is -2.44. The van der Waals surface area contributed by atoms with E-state index in [-0.39, 0.29) is 11.3 Å². The molecule has 21 heavy (non-hydrogen) atoms. The molecular weight excluding hydrogens is 295 g/mol. The van der Waals surface area contributed by atoms with Gasteiger partial charge in [-0.3, -0.25) is 4.79 Å². The fraction of sp³-hybridized carbons (Fsp3) is 0.0714. The maximum atomic E-state index is 13.5. The van der Waals surface area contributed by atoms with E-state index in [2.05, 4.69) is 4.74 Å². The molecule has 0 radical (unpaired) electrons. The number of benzene rings is 2. The third-order valence-electron chi connectivity index (χ3n) is 2.60. The Kier molecular flexibility index (Phi) is 4.21. The van der Waals surface area contributed by atoms with Crippen molar-refractivity contribution >= 4 is 5.78 Å². The van der Waals surface area contributed by atoms with E-state index < -0.39 is 35.4 Å². The lowest BCUT2D eigenvalue weighted by molar-refractivity contribution is -0.0498. The maximum Gasteiger partial charge on any atom is 0.387 e. The Morgan fingerprint density at radius 1 is 1.00 bits per heavy atom. The van der Waals surface area contributed by atoms with E-state index in [1.807, 2.05) is 0 Å². The molecule has 2 aromatic carbocycles. The lowest BCUT2D eigenvalue weighted by Gasteiger charge is -2.07. The Morgan fingerprint density at radius 3 is 2.38 bits per heavy atom. The van der Waals surface area contributed by atoms with E-state index in [4.69, 9.17) is 0 Å². The molecule has 2 nitrogen and oxygen atoms in total. The molecule has 0 bridgehead atoms. The molecule has 0 aliphatic rings. The number of ketones is 1. The molecule has 0 aliphatic heterocycles. The Bertz CT molecular complexity index is 685. The minimum absolute atomic E-state index is 0.196. The average molecular weight is 302 g/mol. The van der Waals surface area contributed by atoms with Crippen LogP contribution in [0, 0.1) is 17.5 Å². The number of halogens is 5. The number of carbonyl (C=O) groups excluding carboxylic acids is 1. The van der Waals surface area contributed by atoms with Gasteiger partial charge in [0, 0.05) is 5.56 Å². The number of hydrogen-bond acceptors (Lipinski definition) is 2. The molecule has 7 heteroatoms. The predicted molar refractivity (Wildman–Crippen MR) is 62.8 cm³/mol. The summed E-state index contributed by atoms with van der Waals surface area (Å²) >= 11 is 0. The summed E-state index contributed by atoms with van der Waals surface area (Å²) in [6.45, 7) is -3.09. The van der Waals surface area contributed by atoms with Gasteiger partial charge in [-0.25, -0.2) is 13.2 Å². The molecule has 0 aliphatic carbocycles. The van der Waals surface area contributed by atoms with Gasteiger partial charge >= 0.3 is 6.61 Å². The molecule has 0 aromatic heterocycles. The Labute approximate surface area is 115 Å². The molecule has 0 unspecified atom stereocenters. The molecule has 110 valence electrons. The SMILES string of the molecule is O=C(c1cccc(OC(F)F)c1)c1ccc(F)c(F)c1F. The third-order valence-corrected chi connectivity index (χ3v) is 2.60. The van der Waals surface area contributed by atoms with Crippen molar-refractivity contribution in [1.82, 2.24) is 0 Å². The summed E-state index contributed by atoms with van der Waals surface area (Å²) in [6, 6.07) is 5.95. The average Bonchev–Trinajstić information content (AvgIpc) is 2.44. The number of carbonyl (C=O) groups is 1. The fourth-order valence-electron chi connectivity index (χ4n) is 1.67. The molecule has 0 atom stereocenters. The molecule has 0 saturated heterocycles. The summed E-state index contributed by atoms with van der Waals surface area (Å²) < 4.78 is 67.7. The van der Waals surface area contributed by atoms with Gasteiger partial charge in [-0.2, -0.15) is 8.78 Å². The molecule has 2 aromatic rings. The molecule has 0 heterocycles. The van der Waals surface area contributed by atoms with Crippen LogP contribution >= 0.6 is 0 Å². The highest BCUT2D eigenvalue weighted by Gasteiger charge is 2.20. The number of hydrogen-bond donors (Lipinski definition) is 0. The van der Waals surface area contributed by atoms with E-state index in [1.54, 1.807) is 0 Å². The molecule has 2 rings (SSSR count). The van der Waals surface area contributed by atoms with Crippen molar-refractivity contribution in [2.45, 2.75) is 6.61 Å². The van der Waals surface area contributed by atoms with Crippen LogP contribution in [0.4, 0.5) is 22.0 Å². The van der Waals surface area contributed by atoms with Gasteiger partial charge in [0.25, 0.3) is 0 Å². The number of alkyl halides is 2. The van der Waals surface area contributed by atoms with Crippen LogP contribution in [0.3, 0.4) is 0 Å². The Morgan fingerprint density at radius 2 is 1.71 bits per heavy atom. The predicted octanol–water partition coefficient (Wildman–Crippen LogP) is 3.94. The smallest absolute Gasteiger partial charge is 0.387 e. The highest BCUT2D eigenvalue weighted by atomic mass is 19.3. The van der Waals surface area contributed by atoms with E-state index in [1.165, 1.54) is 18.2 Å². The lowest BCUT2D eigenvalue weighted by atomic mass is 10.0. The van der Waals surface area contributed by atoms with Crippen molar-refractivity contribution < 1.29 is 31.5 Å². The third kappa shape index (κ3) is 3.18. The van der Waals surface area contributed by atoms with Crippen LogP contribution in [0.5, 0.6) is 5.75 Å². The van der Waals surface area contributed by atoms with Crippen LogP contribution in [0.2, 0.25) is 0 Å². The number of ether oxygens (including phenoxy) is 1. The van der Waals surface area contributed by atoms with Gasteiger partial charge in [0.1, 0.15) is 5.75 Å². The number of rotatable bonds is 4. The summed E-state index contributed by atoms with van der Waals surface area (Å²) in [5, 5.41) is 0. The zero-order chi connectivity index (χ0) is 15.6. The summed E-state index contributed by atoms with van der Waals surface area (Å²) in [5.41, 5.74) is -0.902.